The number of alkyl halides is 3. The summed E-state index contributed by atoms with van der Waals surface area (Å²) in [5.41, 5.74) is -4.29. The Bertz CT molecular complexity index is 761. The van der Waals surface area contributed by atoms with E-state index in [4.69, 9.17) is 9.47 Å². The van der Waals surface area contributed by atoms with Crippen LogP contribution in [0.5, 0.6) is 0 Å². The molecule has 0 unspecified atom stereocenters. The summed E-state index contributed by atoms with van der Waals surface area (Å²) in [4.78, 5) is 12.3. The van der Waals surface area contributed by atoms with Crippen molar-refractivity contribution in [2.45, 2.75) is 50.0 Å². The number of ether oxygens (including phenoxy) is 2. The summed E-state index contributed by atoms with van der Waals surface area (Å²) < 4.78 is 105. The molecule has 1 aliphatic carbocycles. The SMILES string of the molecule is C=C1OC2(CCCCC2)OC(=O)[C@@H]1c1c(F)c(F)c(C(F)(F)F)c(F)c1F. The number of esters is 1. The molecule has 1 atom stereocenters. The van der Waals surface area contributed by atoms with Crippen LogP contribution in [0.3, 0.4) is 0 Å². The molecule has 0 radical (unpaired) electrons. The van der Waals surface area contributed by atoms with Crippen LogP contribution in [0, 0.1) is 23.3 Å². The second-order valence-electron chi connectivity index (χ2n) is 6.44. The lowest BCUT2D eigenvalue weighted by atomic mass is 9.89. The van der Waals surface area contributed by atoms with Crippen molar-refractivity contribution >= 4 is 5.97 Å². The Morgan fingerprint density at radius 3 is 1.85 bits per heavy atom. The first-order valence-electron chi connectivity index (χ1n) is 8.02. The van der Waals surface area contributed by atoms with Crippen LogP contribution in [0.1, 0.15) is 49.1 Å². The lowest BCUT2D eigenvalue weighted by Crippen LogP contribution is -2.46. The topological polar surface area (TPSA) is 35.5 Å². The molecular formula is C17H13F7O3. The normalized spacial score (nSPS) is 22.6. The highest BCUT2D eigenvalue weighted by molar-refractivity contribution is 5.82. The monoisotopic (exact) mass is 398 g/mol. The smallest absolute Gasteiger partial charge is 0.422 e. The molecule has 3 nitrogen and oxygen atoms in total. The van der Waals surface area contributed by atoms with Gasteiger partial charge in [0.2, 0.25) is 0 Å². The van der Waals surface area contributed by atoms with Crippen molar-refractivity contribution in [1.29, 1.82) is 0 Å². The van der Waals surface area contributed by atoms with Gasteiger partial charge >= 0.3 is 12.1 Å². The Morgan fingerprint density at radius 1 is 0.889 bits per heavy atom. The van der Waals surface area contributed by atoms with E-state index >= 15 is 0 Å². The standard InChI is InChI=1S/C17H13F7O3/c1-7-8(15(25)27-16(26-7)5-3-2-4-6-16)9-11(18)13(20)10(17(22,23)24)14(21)12(9)19/h8H,1-6H2/t8-/m0/s1. The quantitative estimate of drug-likeness (QED) is 0.376. The predicted molar refractivity (Wildman–Crippen MR) is 76.1 cm³/mol. The van der Waals surface area contributed by atoms with Gasteiger partial charge in [-0.05, 0) is 12.8 Å². The van der Waals surface area contributed by atoms with E-state index in [2.05, 4.69) is 6.58 Å². The third kappa shape index (κ3) is 3.14. The van der Waals surface area contributed by atoms with Crippen LogP contribution in [0.4, 0.5) is 30.7 Å². The van der Waals surface area contributed by atoms with Gasteiger partial charge < -0.3 is 9.47 Å². The number of rotatable bonds is 1. The summed E-state index contributed by atoms with van der Waals surface area (Å²) in [6, 6.07) is 0. The Morgan fingerprint density at radius 2 is 1.41 bits per heavy atom. The van der Waals surface area contributed by atoms with E-state index in [-0.39, 0.29) is 12.8 Å². The number of hydrogen-bond donors (Lipinski definition) is 0. The minimum Gasteiger partial charge on any atom is -0.456 e. The lowest BCUT2D eigenvalue weighted by molar-refractivity contribution is -0.248. The molecule has 0 N–H and O–H groups in total. The first kappa shape index (κ1) is 19.5. The van der Waals surface area contributed by atoms with Crippen LogP contribution in [0.15, 0.2) is 12.3 Å². The van der Waals surface area contributed by atoms with E-state index in [0.29, 0.717) is 12.8 Å². The third-order valence-corrected chi connectivity index (χ3v) is 4.65. The number of carbonyl (C=O) groups is 1. The van der Waals surface area contributed by atoms with Gasteiger partial charge in [-0.25, -0.2) is 17.6 Å². The zero-order valence-corrected chi connectivity index (χ0v) is 13.7. The van der Waals surface area contributed by atoms with E-state index in [9.17, 15) is 35.5 Å². The van der Waals surface area contributed by atoms with Gasteiger partial charge in [0, 0.05) is 12.8 Å². The maximum Gasteiger partial charge on any atom is 0.422 e. The Labute approximate surface area is 148 Å². The van der Waals surface area contributed by atoms with Crippen molar-refractivity contribution in [2.24, 2.45) is 0 Å². The summed E-state index contributed by atoms with van der Waals surface area (Å²) >= 11 is 0. The Kier molecular flexibility index (Phi) is 4.63. The van der Waals surface area contributed by atoms with Gasteiger partial charge in [-0.2, -0.15) is 13.2 Å². The second kappa shape index (κ2) is 6.42. The van der Waals surface area contributed by atoms with Crippen LogP contribution in [-0.2, 0) is 20.4 Å². The van der Waals surface area contributed by atoms with Crippen LogP contribution in [-0.4, -0.2) is 11.8 Å². The van der Waals surface area contributed by atoms with Crippen LogP contribution < -0.4 is 0 Å². The van der Waals surface area contributed by atoms with Crippen molar-refractivity contribution in [3.8, 4) is 0 Å². The van der Waals surface area contributed by atoms with Crippen LogP contribution in [0.25, 0.3) is 0 Å². The summed E-state index contributed by atoms with van der Waals surface area (Å²) in [5.74, 6) is -15.4. The molecule has 1 aliphatic heterocycles. The van der Waals surface area contributed by atoms with Gasteiger partial charge in [0.1, 0.15) is 17.2 Å². The van der Waals surface area contributed by atoms with Crippen LogP contribution >= 0.6 is 0 Å². The Balaban J connectivity index is 2.07. The van der Waals surface area contributed by atoms with Crippen LogP contribution in [0.2, 0.25) is 0 Å². The molecule has 1 aromatic rings. The zero-order valence-electron chi connectivity index (χ0n) is 13.7. The molecule has 0 amide bonds. The fourth-order valence-electron chi connectivity index (χ4n) is 3.42. The number of halogens is 7. The van der Waals surface area contributed by atoms with Crippen molar-refractivity contribution in [3.05, 3.63) is 46.7 Å². The summed E-state index contributed by atoms with van der Waals surface area (Å²) in [7, 11) is 0. The maximum atomic E-state index is 14.2. The average Bonchev–Trinajstić information content (AvgIpc) is 2.55. The van der Waals surface area contributed by atoms with Crippen molar-refractivity contribution in [2.75, 3.05) is 0 Å². The average molecular weight is 398 g/mol. The van der Waals surface area contributed by atoms with Gasteiger partial charge in [-0.15, -0.1) is 0 Å². The molecule has 1 aromatic carbocycles. The molecule has 27 heavy (non-hydrogen) atoms. The van der Waals surface area contributed by atoms with Gasteiger partial charge in [0.15, 0.2) is 23.3 Å². The molecule has 1 spiro atoms. The molecule has 0 bridgehead atoms. The first-order valence-corrected chi connectivity index (χ1v) is 8.02. The minimum atomic E-state index is -5.68. The molecule has 2 aliphatic rings. The predicted octanol–water partition coefficient (Wildman–Crippen LogP) is 5.09. The lowest BCUT2D eigenvalue weighted by Gasteiger charge is -2.42. The molecular weight excluding hydrogens is 385 g/mol. The first-order chi connectivity index (χ1) is 12.5. The fraction of sp³-hybridized carbons (Fsp3) is 0.471. The summed E-state index contributed by atoms with van der Waals surface area (Å²) in [5, 5.41) is 0. The highest BCUT2D eigenvalue weighted by Crippen LogP contribution is 2.46. The minimum absolute atomic E-state index is 0.283. The highest BCUT2D eigenvalue weighted by Gasteiger charge is 2.50. The zero-order chi connectivity index (χ0) is 20.1. The molecule has 0 aromatic heterocycles. The molecule has 10 heteroatoms. The van der Waals surface area contributed by atoms with Crippen molar-refractivity contribution in [1.82, 2.24) is 0 Å². The van der Waals surface area contributed by atoms with Gasteiger partial charge in [-0.3, -0.25) is 4.79 Å². The van der Waals surface area contributed by atoms with Gasteiger partial charge in [0.25, 0.3) is 5.79 Å². The Hall–Kier alpha value is -2.26. The largest absolute Gasteiger partial charge is 0.456 e. The van der Waals surface area contributed by atoms with Crippen molar-refractivity contribution in [3.63, 3.8) is 0 Å². The molecule has 148 valence electrons. The van der Waals surface area contributed by atoms with E-state index < -0.39 is 64.0 Å². The number of benzene rings is 1. The van der Waals surface area contributed by atoms with Gasteiger partial charge in [0.05, 0.1) is 5.56 Å². The number of carbonyl (C=O) groups excluding carboxylic acids is 1. The third-order valence-electron chi connectivity index (χ3n) is 4.65. The molecule has 1 heterocycles. The molecule has 3 rings (SSSR count). The molecule has 1 saturated heterocycles. The van der Waals surface area contributed by atoms with E-state index in [1.165, 1.54) is 0 Å². The van der Waals surface area contributed by atoms with E-state index in [0.717, 1.165) is 6.42 Å². The molecule has 1 saturated carbocycles. The van der Waals surface area contributed by atoms with Gasteiger partial charge in [-0.1, -0.05) is 13.0 Å². The fourth-order valence-corrected chi connectivity index (χ4v) is 3.42. The summed E-state index contributed by atoms with van der Waals surface area (Å²) in [6.07, 6.45) is -3.00. The summed E-state index contributed by atoms with van der Waals surface area (Å²) in [6.45, 7) is 3.36. The van der Waals surface area contributed by atoms with E-state index in [1.807, 2.05) is 0 Å². The van der Waals surface area contributed by atoms with Crippen molar-refractivity contribution < 1.29 is 45.0 Å². The number of hydrogen-bond acceptors (Lipinski definition) is 3. The second-order valence-corrected chi connectivity index (χ2v) is 6.44. The molecule has 2 fully saturated rings. The van der Waals surface area contributed by atoms with E-state index in [1.54, 1.807) is 0 Å². The maximum absolute atomic E-state index is 14.2. The highest BCUT2D eigenvalue weighted by atomic mass is 19.4.